The number of carbonyl (C=O) groups is 2. The summed E-state index contributed by atoms with van der Waals surface area (Å²) in [6.07, 6.45) is 1.16. The number of anilines is 1. The van der Waals surface area contributed by atoms with Gasteiger partial charge < -0.3 is 0 Å². The third-order valence-corrected chi connectivity index (χ3v) is 3.12. The van der Waals surface area contributed by atoms with Crippen LogP contribution in [0.25, 0.3) is 0 Å². The molecule has 0 aliphatic heterocycles. The number of nitro groups is 1. The molecule has 1 aromatic heterocycles. The number of rotatable bonds is 5. The van der Waals surface area contributed by atoms with Crippen molar-refractivity contribution in [3.63, 3.8) is 0 Å². The Labute approximate surface area is 118 Å². The summed E-state index contributed by atoms with van der Waals surface area (Å²) >= 11 is 0.697. The molecule has 1 N–H and O–H groups in total. The summed E-state index contributed by atoms with van der Waals surface area (Å²) in [5.41, 5.74) is 0. The number of nitriles is 1. The molecule has 10 heteroatoms. The van der Waals surface area contributed by atoms with Gasteiger partial charge in [-0.2, -0.15) is 5.26 Å². The number of carbonyl (C=O) groups excluding carboxylic acids is 2. The molecular weight excluding hydrogens is 286 g/mol. The molecule has 106 valence electrons. The molecular formula is C10H11N5O4S. The third kappa shape index (κ3) is 3.99. The van der Waals surface area contributed by atoms with Crippen molar-refractivity contribution in [1.29, 1.82) is 5.26 Å². The van der Waals surface area contributed by atoms with Crippen molar-refractivity contribution in [1.82, 2.24) is 10.3 Å². The molecule has 1 heterocycles. The number of hydrogen-bond acceptors (Lipinski definition) is 7. The van der Waals surface area contributed by atoms with Crippen LogP contribution in [0.15, 0.2) is 6.20 Å². The molecule has 0 aliphatic carbocycles. The van der Waals surface area contributed by atoms with E-state index in [1.807, 2.05) is 6.07 Å². The normalized spacial score (nSPS) is 9.60. The predicted molar refractivity (Wildman–Crippen MR) is 70.2 cm³/mol. The van der Waals surface area contributed by atoms with Gasteiger partial charge in [0.1, 0.15) is 6.20 Å². The number of thiazole rings is 1. The van der Waals surface area contributed by atoms with Gasteiger partial charge in [0.05, 0.1) is 17.4 Å². The topological polar surface area (TPSA) is 129 Å². The van der Waals surface area contributed by atoms with Crippen LogP contribution in [0.1, 0.15) is 19.8 Å². The summed E-state index contributed by atoms with van der Waals surface area (Å²) in [7, 11) is 0. The van der Waals surface area contributed by atoms with E-state index in [-0.39, 0.29) is 29.5 Å². The molecule has 1 aromatic rings. The van der Waals surface area contributed by atoms with Crippen LogP contribution < -0.4 is 10.2 Å². The van der Waals surface area contributed by atoms with E-state index in [9.17, 15) is 19.7 Å². The average molecular weight is 297 g/mol. The van der Waals surface area contributed by atoms with Crippen LogP contribution in [0.5, 0.6) is 0 Å². The van der Waals surface area contributed by atoms with Crippen LogP contribution in [0.3, 0.4) is 0 Å². The molecule has 20 heavy (non-hydrogen) atoms. The summed E-state index contributed by atoms with van der Waals surface area (Å²) < 4.78 is 0. The Morgan fingerprint density at radius 1 is 1.65 bits per heavy atom. The first-order valence-electron chi connectivity index (χ1n) is 5.58. The first-order valence-corrected chi connectivity index (χ1v) is 6.39. The third-order valence-electron chi connectivity index (χ3n) is 2.15. The van der Waals surface area contributed by atoms with Crippen LogP contribution >= 0.6 is 11.3 Å². The fourth-order valence-electron chi connectivity index (χ4n) is 1.19. The zero-order valence-corrected chi connectivity index (χ0v) is 11.3. The van der Waals surface area contributed by atoms with Gasteiger partial charge in [0.2, 0.25) is 5.91 Å². The number of hydrogen-bond donors (Lipinski definition) is 1. The van der Waals surface area contributed by atoms with E-state index in [0.29, 0.717) is 11.3 Å². The van der Waals surface area contributed by atoms with Crippen molar-refractivity contribution < 1.29 is 14.5 Å². The van der Waals surface area contributed by atoms with E-state index < -0.39 is 16.9 Å². The molecule has 1 rings (SSSR count). The fourth-order valence-corrected chi connectivity index (χ4v) is 1.94. The van der Waals surface area contributed by atoms with Crippen molar-refractivity contribution in [3.05, 3.63) is 16.3 Å². The Morgan fingerprint density at radius 2 is 2.35 bits per heavy atom. The Morgan fingerprint density at radius 3 is 2.85 bits per heavy atom. The van der Waals surface area contributed by atoms with Crippen LogP contribution in [-0.4, -0.2) is 28.4 Å². The monoisotopic (exact) mass is 297 g/mol. The number of aromatic nitrogens is 1. The van der Waals surface area contributed by atoms with Gasteiger partial charge in [0.25, 0.3) is 0 Å². The largest absolute Gasteiger partial charge is 0.345 e. The SMILES string of the molecule is CCC(=O)NC(=O)N(CCC#N)c1ncc([N+](=O)[O-])s1. The van der Waals surface area contributed by atoms with E-state index in [0.717, 1.165) is 11.1 Å². The first-order chi connectivity index (χ1) is 9.49. The number of nitrogens with zero attached hydrogens (tertiary/aromatic N) is 4. The zero-order valence-electron chi connectivity index (χ0n) is 10.5. The van der Waals surface area contributed by atoms with Gasteiger partial charge >= 0.3 is 11.0 Å². The number of urea groups is 1. The summed E-state index contributed by atoms with van der Waals surface area (Å²) in [4.78, 5) is 37.8. The van der Waals surface area contributed by atoms with Crippen LogP contribution in [0.4, 0.5) is 14.9 Å². The lowest BCUT2D eigenvalue weighted by molar-refractivity contribution is -0.380. The van der Waals surface area contributed by atoms with Gasteiger partial charge in [-0.1, -0.05) is 6.92 Å². The van der Waals surface area contributed by atoms with Gasteiger partial charge in [-0.05, 0) is 11.3 Å². The Kier molecular flexibility index (Phi) is 5.55. The Balaban J connectivity index is 2.92. The lowest BCUT2D eigenvalue weighted by Gasteiger charge is -2.17. The number of imide groups is 1. The maximum absolute atomic E-state index is 11.9. The number of amides is 3. The summed E-state index contributed by atoms with van der Waals surface area (Å²) in [5.74, 6) is -0.483. The molecule has 0 saturated heterocycles. The quantitative estimate of drug-likeness (QED) is 0.646. The lowest BCUT2D eigenvalue weighted by Crippen LogP contribution is -2.43. The smallest absolute Gasteiger partial charge is 0.278 e. The van der Waals surface area contributed by atoms with Crippen molar-refractivity contribution in [2.75, 3.05) is 11.4 Å². The highest BCUT2D eigenvalue weighted by atomic mass is 32.1. The van der Waals surface area contributed by atoms with E-state index >= 15 is 0 Å². The van der Waals surface area contributed by atoms with Gasteiger partial charge in [-0.15, -0.1) is 0 Å². The van der Waals surface area contributed by atoms with Crippen LogP contribution in [0, 0.1) is 21.4 Å². The minimum atomic E-state index is -0.753. The molecule has 9 nitrogen and oxygen atoms in total. The minimum absolute atomic E-state index is 0.00993. The average Bonchev–Trinajstić information content (AvgIpc) is 2.88. The van der Waals surface area contributed by atoms with Gasteiger partial charge in [0, 0.05) is 13.0 Å². The highest BCUT2D eigenvalue weighted by Gasteiger charge is 2.23. The molecule has 0 unspecified atom stereocenters. The minimum Gasteiger partial charge on any atom is -0.278 e. The maximum Gasteiger partial charge on any atom is 0.345 e. The summed E-state index contributed by atoms with van der Waals surface area (Å²) in [6, 6.07) is 1.10. The summed E-state index contributed by atoms with van der Waals surface area (Å²) in [5, 5.41) is 21.1. The molecule has 0 spiro atoms. The van der Waals surface area contributed by atoms with Crippen LogP contribution in [-0.2, 0) is 4.79 Å². The van der Waals surface area contributed by atoms with E-state index in [1.165, 1.54) is 0 Å². The van der Waals surface area contributed by atoms with Crippen molar-refractivity contribution >= 4 is 33.4 Å². The Hall–Kier alpha value is -2.54. The van der Waals surface area contributed by atoms with E-state index in [4.69, 9.17) is 5.26 Å². The van der Waals surface area contributed by atoms with Crippen LogP contribution in [0.2, 0.25) is 0 Å². The van der Waals surface area contributed by atoms with Gasteiger partial charge in [-0.3, -0.25) is 25.1 Å². The second-order valence-corrected chi connectivity index (χ2v) is 4.49. The highest BCUT2D eigenvalue weighted by molar-refractivity contribution is 7.18. The predicted octanol–water partition coefficient (Wildman–Crippen LogP) is 1.42. The molecule has 0 fully saturated rings. The van der Waals surface area contributed by atoms with E-state index in [2.05, 4.69) is 10.3 Å². The molecule has 0 radical (unpaired) electrons. The lowest BCUT2D eigenvalue weighted by atomic mass is 10.4. The molecule has 3 amide bonds. The number of nitrogens with one attached hydrogen (secondary N) is 1. The zero-order chi connectivity index (χ0) is 15.1. The van der Waals surface area contributed by atoms with Gasteiger partial charge in [0.15, 0.2) is 5.13 Å². The molecule has 0 bridgehead atoms. The second-order valence-electron chi connectivity index (χ2n) is 3.50. The maximum atomic E-state index is 11.9. The molecule has 0 aliphatic rings. The molecule has 0 saturated carbocycles. The van der Waals surface area contributed by atoms with Crippen molar-refractivity contribution in [2.45, 2.75) is 19.8 Å². The first kappa shape index (κ1) is 15.5. The summed E-state index contributed by atoms with van der Waals surface area (Å²) in [6.45, 7) is 1.57. The molecule has 0 aromatic carbocycles. The molecule has 0 atom stereocenters. The van der Waals surface area contributed by atoms with Crippen molar-refractivity contribution in [3.8, 4) is 6.07 Å². The Bertz CT molecular complexity index is 564. The van der Waals surface area contributed by atoms with E-state index in [1.54, 1.807) is 6.92 Å². The fraction of sp³-hybridized carbons (Fsp3) is 0.400. The van der Waals surface area contributed by atoms with Crippen molar-refractivity contribution in [2.24, 2.45) is 0 Å². The van der Waals surface area contributed by atoms with Gasteiger partial charge in [-0.25, -0.2) is 9.78 Å². The standard InChI is InChI=1S/C10H11N5O4S/c1-2-7(16)13-9(17)14(5-3-4-11)10-12-6-8(20-10)15(18)19/h6H,2-3,5H2,1H3,(H,13,16,17). The second kappa shape index (κ2) is 7.15. The highest BCUT2D eigenvalue weighted by Crippen LogP contribution is 2.28.